The number of para-hydroxylation sites is 3. The van der Waals surface area contributed by atoms with Crippen LogP contribution in [0, 0.1) is 0 Å². The predicted molar refractivity (Wildman–Crippen MR) is 83.1 cm³/mol. The summed E-state index contributed by atoms with van der Waals surface area (Å²) < 4.78 is 2.23. The Morgan fingerprint density at radius 1 is 1.00 bits per heavy atom. The molecule has 0 unspecified atom stereocenters. The number of hydrogen-bond acceptors (Lipinski definition) is 2. The van der Waals surface area contributed by atoms with Crippen LogP contribution < -0.4 is 5.32 Å². The highest BCUT2D eigenvalue weighted by atomic mass is 15.1. The van der Waals surface area contributed by atoms with Gasteiger partial charge < -0.3 is 5.32 Å². The first kappa shape index (κ1) is 12.9. The highest BCUT2D eigenvalue weighted by molar-refractivity contribution is 5.78. The minimum atomic E-state index is 0.789. The summed E-state index contributed by atoms with van der Waals surface area (Å²) in [5.74, 6) is 1.06. The summed E-state index contributed by atoms with van der Waals surface area (Å²) in [6.07, 6.45) is 1.13. The zero-order chi connectivity index (χ0) is 13.8. The number of fused-ring (bicyclic) bond motifs is 1. The first-order valence-corrected chi connectivity index (χ1v) is 7.12. The smallest absolute Gasteiger partial charge is 0.128 e. The number of benzene rings is 2. The molecule has 20 heavy (non-hydrogen) atoms. The minimum absolute atomic E-state index is 0.789. The average Bonchev–Trinajstić information content (AvgIpc) is 2.86. The van der Waals surface area contributed by atoms with E-state index in [0.29, 0.717) is 0 Å². The fourth-order valence-electron chi connectivity index (χ4n) is 2.44. The highest BCUT2D eigenvalue weighted by Crippen LogP contribution is 2.21. The second-order valence-corrected chi connectivity index (χ2v) is 4.86. The first-order valence-electron chi connectivity index (χ1n) is 7.12. The third-order valence-electron chi connectivity index (χ3n) is 3.35. The lowest BCUT2D eigenvalue weighted by Gasteiger charge is -2.09. The van der Waals surface area contributed by atoms with Gasteiger partial charge in [-0.2, -0.15) is 0 Å². The molecule has 0 spiro atoms. The largest absolute Gasteiger partial charge is 0.310 e. The second-order valence-electron chi connectivity index (χ2n) is 4.86. The van der Waals surface area contributed by atoms with E-state index in [1.165, 1.54) is 0 Å². The van der Waals surface area contributed by atoms with Crippen molar-refractivity contribution in [2.45, 2.75) is 19.9 Å². The van der Waals surface area contributed by atoms with Gasteiger partial charge in [0.15, 0.2) is 0 Å². The van der Waals surface area contributed by atoms with Gasteiger partial charge in [0.2, 0.25) is 0 Å². The van der Waals surface area contributed by atoms with E-state index >= 15 is 0 Å². The molecular weight excluding hydrogens is 246 g/mol. The van der Waals surface area contributed by atoms with Gasteiger partial charge in [0.25, 0.3) is 0 Å². The topological polar surface area (TPSA) is 29.9 Å². The van der Waals surface area contributed by atoms with Gasteiger partial charge in [-0.15, -0.1) is 0 Å². The fraction of sp³-hybridized carbons (Fsp3) is 0.235. The van der Waals surface area contributed by atoms with E-state index in [-0.39, 0.29) is 0 Å². The molecule has 3 heteroatoms. The van der Waals surface area contributed by atoms with E-state index in [9.17, 15) is 0 Å². The standard InChI is InChI=1S/C17H19N3/c1-2-12-18-13-17-19-15-10-6-7-11-16(15)20(17)14-8-4-3-5-9-14/h3-11,18H,2,12-13H2,1H3. The normalized spacial score (nSPS) is 11.1. The van der Waals surface area contributed by atoms with Crippen LogP contribution in [0.2, 0.25) is 0 Å². The van der Waals surface area contributed by atoms with Gasteiger partial charge in [-0.1, -0.05) is 37.3 Å². The van der Waals surface area contributed by atoms with Gasteiger partial charge in [0, 0.05) is 5.69 Å². The molecule has 2 aromatic carbocycles. The lowest BCUT2D eigenvalue weighted by Crippen LogP contribution is -2.17. The van der Waals surface area contributed by atoms with Gasteiger partial charge in [0.1, 0.15) is 5.82 Å². The van der Waals surface area contributed by atoms with Crippen LogP contribution >= 0.6 is 0 Å². The molecule has 1 N–H and O–H groups in total. The maximum Gasteiger partial charge on any atom is 0.128 e. The van der Waals surface area contributed by atoms with Crippen molar-refractivity contribution in [1.82, 2.24) is 14.9 Å². The number of imidazole rings is 1. The van der Waals surface area contributed by atoms with Crippen LogP contribution in [0.25, 0.3) is 16.7 Å². The summed E-state index contributed by atoms with van der Waals surface area (Å²) in [4.78, 5) is 4.76. The monoisotopic (exact) mass is 265 g/mol. The molecule has 0 saturated heterocycles. The average molecular weight is 265 g/mol. The van der Waals surface area contributed by atoms with Crippen LogP contribution in [0.3, 0.4) is 0 Å². The van der Waals surface area contributed by atoms with E-state index in [1.807, 2.05) is 12.1 Å². The Morgan fingerprint density at radius 2 is 1.75 bits per heavy atom. The molecular formula is C17H19N3. The lowest BCUT2D eigenvalue weighted by molar-refractivity contribution is 0.645. The number of rotatable bonds is 5. The van der Waals surface area contributed by atoms with E-state index in [0.717, 1.165) is 42.1 Å². The van der Waals surface area contributed by atoms with Crippen molar-refractivity contribution < 1.29 is 0 Å². The van der Waals surface area contributed by atoms with Crippen molar-refractivity contribution in [2.75, 3.05) is 6.54 Å². The quantitative estimate of drug-likeness (QED) is 0.715. The molecule has 102 valence electrons. The van der Waals surface area contributed by atoms with Crippen molar-refractivity contribution in [3.8, 4) is 5.69 Å². The number of hydrogen-bond donors (Lipinski definition) is 1. The Balaban J connectivity index is 2.09. The molecule has 1 aromatic heterocycles. The summed E-state index contributed by atoms with van der Waals surface area (Å²) in [6, 6.07) is 18.7. The Morgan fingerprint density at radius 3 is 2.55 bits per heavy atom. The van der Waals surface area contributed by atoms with Crippen molar-refractivity contribution in [3.63, 3.8) is 0 Å². The molecule has 1 heterocycles. The second kappa shape index (κ2) is 5.88. The van der Waals surface area contributed by atoms with Crippen LogP contribution in [0.5, 0.6) is 0 Å². The third-order valence-corrected chi connectivity index (χ3v) is 3.35. The van der Waals surface area contributed by atoms with Gasteiger partial charge in [0.05, 0.1) is 17.6 Å². The summed E-state index contributed by atoms with van der Waals surface area (Å²) in [7, 11) is 0. The number of nitrogens with one attached hydrogen (secondary N) is 1. The van der Waals surface area contributed by atoms with Crippen LogP contribution in [-0.2, 0) is 6.54 Å². The zero-order valence-electron chi connectivity index (χ0n) is 11.7. The SMILES string of the molecule is CCCNCc1nc2ccccc2n1-c1ccccc1. The number of aromatic nitrogens is 2. The Labute approximate surface area is 119 Å². The van der Waals surface area contributed by atoms with Crippen LogP contribution in [0.4, 0.5) is 0 Å². The summed E-state index contributed by atoms with van der Waals surface area (Å²) in [6.45, 7) is 3.97. The molecule has 3 aromatic rings. The Hall–Kier alpha value is -2.13. The molecule has 0 atom stereocenters. The van der Waals surface area contributed by atoms with Crippen molar-refractivity contribution in [2.24, 2.45) is 0 Å². The van der Waals surface area contributed by atoms with Crippen molar-refractivity contribution in [3.05, 3.63) is 60.4 Å². The molecule has 0 radical (unpaired) electrons. The van der Waals surface area contributed by atoms with Gasteiger partial charge in [-0.05, 0) is 37.2 Å². The molecule has 0 saturated carbocycles. The Bertz CT molecular complexity index is 686. The van der Waals surface area contributed by atoms with Crippen molar-refractivity contribution >= 4 is 11.0 Å². The molecule has 3 nitrogen and oxygen atoms in total. The summed E-state index contributed by atoms with van der Waals surface area (Å²) in [5, 5.41) is 3.44. The van der Waals surface area contributed by atoms with E-state index in [2.05, 4.69) is 59.3 Å². The molecule has 0 bridgehead atoms. The third kappa shape index (κ3) is 2.45. The fourth-order valence-corrected chi connectivity index (χ4v) is 2.44. The zero-order valence-corrected chi connectivity index (χ0v) is 11.7. The van der Waals surface area contributed by atoms with E-state index in [1.54, 1.807) is 0 Å². The van der Waals surface area contributed by atoms with Gasteiger partial charge in [-0.3, -0.25) is 4.57 Å². The van der Waals surface area contributed by atoms with Crippen molar-refractivity contribution in [1.29, 1.82) is 0 Å². The molecule has 0 aliphatic carbocycles. The summed E-state index contributed by atoms with van der Waals surface area (Å²) in [5.41, 5.74) is 3.37. The van der Waals surface area contributed by atoms with E-state index in [4.69, 9.17) is 4.98 Å². The van der Waals surface area contributed by atoms with Gasteiger partial charge >= 0.3 is 0 Å². The van der Waals surface area contributed by atoms with Crippen LogP contribution in [0.15, 0.2) is 54.6 Å². The van der Waals surface area contributed by atoms with Crippen LogP contribution in [-0.4, -0.2) is 16.1 Å². The maximum atomic E-state index is 4.76. The first-order chi connectivity index (χ1) is 9.90. The van der Waals surface area contributed by atoms with Crippen LogP contribution in [0.1, 0.15) is 19.2 Å². The molecule has 0 amide bonds. The van der Waals surface area contributed by atoms with Gasteiger partial charge in [-0.25, -0.2) is 4.98 Å². The molecule has 3 rings (SSSR count). The van der Waals surface area contributed by atoms with E-state index < -0.39 is 0 Å². The molecule has 0 aliphatic rings. The minimum Gasteiger partial charge on any atom is -0.310 e. The Kier molecular flexibility index (Phi) is 3.79. The molecule has 0 fully saturated rings. The summed E-state index contributed by atoms with van der Waals surface area (Å²) >= 11 is 0. The lowest BCUT2D eigenvalue weighted by atomic mass is 10.3. The molecule has 0 aliphatic heterocycles. The maximum absolute atomic E-state index is 4.76. The predicted octanol–water partition coefficient (Wildman–Crippen LogP) is 3.53. The highest BCUT2D eigenvalue weighted by Gasteiger charge is 2.11. The number of nitrogens with zero attached hydrogens (tertiary/aromatic N) is 2.